The van der Waals surface area contributed by atoms with Gasteiger partial charge in [-0.05, 0) is 51.8 Å². The van der Waals surface area contributed by atoms with Crippen molar-refractivity contribution in [2.45, 2.75) is 36.5 Å². The second-order valence-electron chi connectivity index (χ2n) is 14.7. The number of allylic oxidation sites excluding steroid dienone is 4. The lowest BCUT2D eigenvalue weighted by molar-refractivity contribution is 0.661. The molecule has 4 nitrogen and oxygen atoms in total. The summed E-state index contributed by atoms with van der Waals surface area (Å²) in [4.78, 5) is 18.3. The van der Waals surface area contributed by atoms with Crippen LogP contribution in [0.4, 0.5) is 0 Å². The van der Waals surface area contributed by atoms with Gasteiger partial charge in [0.05, 0.1) is 11.0 Å². The largest absolute Gasteiger partial charge is 0.309 e. The summed E-state index contributed by atoms with van der Waals surface area (Å²) in [6, 6.07) is 47.9. The topological polar surface area (TPSA) is 43.6 Å². The molecule has 3 heterocycles. The van der Waals surface area contributed by atoms with Crippen LogP contribution < -0.4 is 0 Å². The van der Waals surface area contributed by atoms with Gasteiger partial charge in [0.2, 0.25) is 0 Å². The van der Waals surface area contributed by atoms with E-state index in [9.17, 15) is 0 Å². The van der Waals surface area contributed by atoms with Crippen LogP contribution in [0.5, 0.6) is 0 Å². The lowest BCUT2D eigenvalue weighted by Crippen LogP contribution is -2.14. The van der Waals surface area contributed by atoms with Crippen LogP contribution >= 0.6 is 11.8 Å². The maximum atomic E-state index is 5.29. The zero-order valence-corrected chi connectivity index (χ0v) is 30.2. The van der Waals surface area contributed by atoms with E-state index in [0.29, 0.717) is 17.5 Å². The summed E-state index contributed by atoms with van der Waals surface area (Å²) >= 11 is 1.89. The van der Waals surface area contributed by atoms with E-state index in [1.807, 2.05) is 48.2 Å². The zero-order valence-electron chi connectivity index (χ0n) is 29.4. The summed E-state index contributed by atoms with van der Waals surface area (Å²) in [5, 5.41) is 2.51. The number of para-hydroxylation sites is 1. The highest BCUT2D eigenvalue weighted by molar-refractivity contribution is 8.03. The van der Waals surface area contributed by atoms with Crippen LogP contribution in [0.3, 0.4) is 0 Å². The molecule has 0 bridgehead atoms. The van der Waals surface area contributed by atoms with Crippen LogP contribution in [0.2, 0.25) is 0 Å². The smallest absolute Gasteiger partial charge is 0.164 e. The molecule has 11 rings (SSSR count). The Labute approximate surface area is 312 Å². The first kappa shape index (κ1) is 30.6. The van der Waals surface area contributed by atoms with Gasteiger partial charge in [0.1, 0.15) is 0 Å². The van der Waals surface area contributed by atoms with E-state index in [4.69, 9.17) is 15.0 Å². The van der Waals surface area contributed by atoms with Crippen LogP contribution in [0.25, 0.3) is 72.8 Å². The van der Waals surface area contributed by atoms with Gasteiger partial charge in [-0.25, -0.2) is 15.0 Å². The zero-order chi connectivity index (χ0) is 35.3. The Balaban J connectivity index is 1.24. The van der Waals surface area contributed by atoms with Crippen molar-refractivity contribution in [1.82, 2.24) is 19.5 Å². The second kappa shape index (κ2) is 11.5. The molecule has 0 amide bonds. The van der Waals surface area contributed by atoms with Gasteiger partial charge in [-0.2, -0.15) is 0 Å². The van der Waals surface area contributed by atoms with E-state index in [-0.39, 0.29) is 11.3 Å². The van der Waals surface area contributed by atoms with Crippen molar-refractivity contribution in [1.29, 1.82) is 0 Å². The van der Waals surface area contributed by atoms with Gasteiger partial charge in [-0.15, -0.1) is 0 Å². The Hall–Kier alpha value is -6.04. The predicted molar refractivity (Wildman–Crippen MR) is 218 cm³/mol. The molecule has 2 aliphatic carbocycles. The molecule has 0 fully saturated rings. The monoisotopic (exact) mass is 698 g/mol. The van der Waals surface area contributed by atoms with E-state index in [0.717, 1.165) is 28.8 Å². The van der Waals surface area contributed by atoms with Crippen LogP contribution in [-0.4, -0.2) is 19.5 Å². The fraction of sp³-hybridized carbons (Fsp3) is 0.104. The van der Waals surface area contributed by atoms with Crippen molar-refractivity contribution in [2.75, 3.05) is 0 Å². The molecule has 5 heteroatoms. The number of thioether (sulfide) groups is 1. The van der Waals surface area contributed by atoms with Crippen molar-refractivity contribution in [3.05, 3.63) is 173 Å². The molecule has 1 unspecified atom stereocenters. The minimum atomic E-state index is -0.109. The molecule has 0 N–H and O–H groups in total. The summed E-state index contributed by atoms with van der Waals surface area (Å²) in [7, 11) is 0. The Morgan fingerprint density at radius 1 is 0.642 bits per heavy atom. The molecule has 1 aliphatic heterocycles. The van der Waals surface area contributed by atoms with Crippen LogP contribution in [-0.2, 0) is 5.41 Å². The number of rotatable bonds is 4. The number of hydrogen-bond donors (Lipinski definition) is 0. The summed E-state index contributed by atoms with van der Waals surface area (Å²) in [6.45, 7) is 4.72. The van der Waals surface area contributed by atoms with Gasteiger partial charge in [0.25, 0.3) is 0 Å². The summed E-state index contributed by atoms with van der Waals surface area (Å²) in [5.41, 5.74) is 13.1. The van der Waals surface area contributed by atoms with Gasteiger partial charge in [0, 0.05) is 54.9 Å². The van der Waals surface area contributed by atoms with E-state index < -0.39 is 0 Å². The number of aromatic nitrogens is 4. The van der Waals surface area contributed by atoms with Crippen LogP contribution in [0.1, 0.15) is 42.9 Å². The first-order valence-electron chi connectivity index (χ1n) is 18.3. The Kier molecular flexibility index (Phi) is 6.62. The van der Waals surface area contributed by atoms with Crippen LogP contribution in [0.15, 0.2) is 161 Å². The molecule has 2 aromatic heterocycles. The molecular weight excluding hydrogens is 665 g/mol. The quantitative estimate of drug-likeness (QED) is 0.183. The van der Waals surface area contributed by atoms with Gasteiger partial charge < -0.3 is 4.57 Å². The summed E-state index contributed by atoms with van der Waals surface area (Å²) in [6.07, 6.45) is 7.72. The van der Waals surface area contributed by atoms with E-state index in [1.54, 1.807) is 0 Å². The maximum Gasteiger partial charge on any atom is 0.164 e. The Morgan fingerprint density at radius 3 is 2.09 bits per heavy atom. The van der Waals surface area contributed by atoms with Gasteiger partial charge in [-0.1, -0.05) is 159 Å². The van der Waals surface area contributed by atoms with Gasteiger partial charge in [-0.3, -0.25) is 0 Å². The van der Waals surface area contributed by atoms with E-state index in [2.05, 4.69) is 134 Å². The predicted octanol–water partition coefficient (Wildman–Crippen LogP) is 12.3. The van der Waals surface area contributed by atoms with Gasteiger partial charge in [0.15, 0.2) is 17.5 Å². The lowest BCUT2D eigenvalue weighted by Gasteiger charge is -2.21. The minimum absolute atomic E-state index is 0.109. The fourth-order valence-electron chi connectivity index (χ4n) is 8.91. The molecule has 3 aliphatic rings. The first-order valence-corrected chi connectivity index (χ1v) is 19.1. The minimum Gasteiger partial charge on any atom is -0.309 e. The summed E-state index contributed by atoms with van der Waals surface area (Å²) < 4.78 is 2.51. The molecule has 0 saturated carbocycles. The molecule has 53 heavy (non-hydrogen) atoms. The molecular formula is C48H34N4S. The van der Waals surface area contributed by atoms with Crippen molar-refractivity contribution >= 4 is 33.6 Å². The maximum absolute atomic E-state index is 5.29. The number of nitrogens with zero attached hydrogens (tertiary/aromatic N) is 4. The third kappa shape index (κ3) is 4.53. The number of hydrogen-bond acceptors (Lipinski definition) is 4. The molecule has 0 spiro atoms. The van der Waals surface area contributed by atoms with E-state index in [1.165, 1.54) is 59.4 Å². The Morgan fingerprint density at radius 2 is 1.32 bits per heavy atom. The molecule has 0 radical (unpaired) electrons. The van der Waals surface area contributed by atoms with Crippen molar-refractivity contribution in [3.63, 3.8) is 0 Å². The molecule has 252 valence electrons. The first-order chi connectivity index (χ1) is 26.0. The average Bonchev–Trinajstić information content (AvgIpc) is 3.83. The second-order valence-corrected chi connectivity index (χ2v) is 15.9. The normalized spacial score (nSPS) is 16.3. The molecule has 8 aromatic rings. The van der Waals surface area contributed by atoms with Crippen LogP contribution in [0, 0.1) is 0 Å². The highest BCUT2D eigenvalue weighted by atomic mass is 32.2. The fourth-order valence-corrected chi connectivity index (χ4v) is 10.2. The number of benzene rings is 6. The number of fused-ring (bicyclic) bond motifs is 10. The standard InChI is InChI=1S/C48H34N4S/c1-48(2)37-22-12-9-20-34(37)43-38(48)26-25-33-32-19-10-13-23-39(32)52(44(33)43)31-27-36(42-35-21-11-14-24-40(35)53-41(42)28-31)47-50-45(29-15-5-3-6-16-29)49-46(51-47)30-17-7-4-8-18-30/h3-20,22-28,35H,21H2,1-2H3. The van der Waals surface area contributed by atoms with Crippen molar-refractivity contribution in [3.8, 4) is 51.0 Å². The van der Waals surface area contributed by atoms with Crippen molar-refractivity contribution in [2.24, 2.45) is 0 Å². The highest BCUT2D eigenvalue weighted by Gasteiger charge is 2.38. The highest BCUT2D eigenvalue weighted by Crippen LogP contribution is 2.57. The molecule has 0 saturated heterocycles. The van der Waals surface area contributed by atoms with Gasteiger partial charge >= 0.3 is 0 Å². The Bertz CT molecular complexity index is 2810. The lowest BCUT2D eigenvalue weighted by atomic mass is 9.82. The summed E-state index contributed by atoms with van der Waals surface area (Å²) in [5.74, 6) is 2.31. The average molecular weight is 699 g/mol. The molecule has 6 aromatic carbocycles. The third-order valence-corrected chi connectivity index (χ3v) is 12.6. The van der Waals surface area contributed by atoms with E-state index >= 15 is 0 Å². The third-order valence-electron chi connectivity index (χ3n) is 11.4. The molecule has 1 atom stereocenters. The SMILES string of the molecule is CC1(C)c2ccccc2-c2c1ccc1c3ccccc3n(-c3cc4c(c(-c5nc(-c6ccccc6)nc(-c6ccccc6)n5)c3)C3CC=CC=C3S4)c21. The van der Waals surface area contributed by atoms with Crippen molar-refractivity contribution < 1.29 is 0 Å².